The van der Waals surface area contributed by atoms with Crippen LogP contribution in [0, 0.1) is 0 Å². The van der Waals surface area contributed by atoms with E-state index in [1.807, 2.05) is 0 Å². The molecule has 0 spiro atoms. The lowest BCUT2D eigenvalue weighted by atomic mass is 9.99. The van der Waals surface area contributed by atoms with E-state index in [1.165, 1.54) is 12.8 Å². The highest BCUT2D eigenvalue weighted by molar-refractivity contribution is 5.39. The number of anilines is 1. The zero-order valence-electron chi connectivity index (χ0n) is 13.2. The van der Waals surface area contributed by atoms with Crippen LogP contribution >= 0.6 is 0 Å². The normalized spacial score (nSPS) is 22.2. The predicted molar refractivity (Wildman–Crippen MR) is 86.8 cm³/mol. The highest BCUT2D eigenvalue weighted by Crippen LogP contribution is 2.23. The fourth-order valence-corrected chi connectivity index (χ4v) is 3.55. The molecule has 0 atom stereocenters. The van der Waals surface area contributed by atoms with Crippen molar-refractivity contribution in [2.45, 2.75) is 44.2 Å². The minimum Gasteiger partial charge on any atom is -0.393 e. The van der Waals surface area contributed by atoms with Crippen molar-refractivity contribution in [3.05, 3.63) is 18.1 Å². The second kappa shape index (κ2) is 7.35. The fourth-order valence-electron chi connectivity index (χ4n) is 3.55. The quantitative estimate of drug-likeness (QED) is 0.838. The molecule has 3 rings (SSSR count). The van der Waals surface area contributed by atoms with Crippen molar-refractivity contribution >= 4 is 5.82 Å². The van der Waals surface area contributed by atoms with Crippen molar-refractivity contribution in [2.75, 3.05) is 37.6 Å². The van der Waals surface area contributed by atoms with E-state index in [0.717, 1.165) is 57.0 Å². The number of nitrogens with two attached hydrogens (primary N) is 1. The third-order valence-corrected chi connectivity index (χ3v) is 4.91. The Hall–Kier alpha value is -1.24. The van der Waals surface area contributed by atoms with Crippen LogP contribution in [0.15, 0.2) is 12.4 Å². The van der Waals surface area contributed by atoms with E-state index in [-0.39, 0.29) is 6.10 Å². The first kappa shape index (κ1) is 15.6. The van der Waals surface area contributed by atoms with Gasteiger partial charge in [-0.15, -0.1) is 0 Å². The average Bonchev–Trinajstić information content (AvgIpc) is 2.56. The van der Waals surface area contributed by atoms with E-state index < -0.39 is 0 Å². The van der Waals surface area contributed by atoms with Crippen molar-refractivity contribution in [1.82, 2.24) is 14.9 Å². The summed E-state index contributed by atoms with van der Waals surface area (Å²) in [6, 6.07) is 2.74. The van der Waals surface area contributed by atoms with Gasteiger partial charge in [0.15, 0.2) is 0 Å². The third kappa shape index (κ3) is 3.74. The van der Waals surface area contributed by atoms with E-state index in [1.54, 1.807) is 6.33 Å². The molecule has 2 aliphatic heterocycles. The Kier molecular flexibility index (Phi) is 5.23. The third-order valence-electron chi connectivity index (χ3n) is 4.91. The molecule has 0 unspecified atom stereocenters. The monoisotopic (exact) mass is 305 g/mol. The molecular weight excluding hydrogens is 278 g/mol. The number of aromatic nitrogens is 2. The van der Waals surface area contributed by atoms with Gasteiger partial charge in [0.25, 0.3) is 0 Å². The van der Waals surface area contributed by atoms with Gasteiger partial charge < -0.3 is 20.6 Å². The van der Waals surface area contributed by atoms with Gasteiger partial charge in [0.1, 0.15) is 12.1 Å². The first-order chi connectivity index (χ1) is 10.8. The lowest BCUT2D eigenvalue weighted by molar-refractivity contribution is 0.0542. The molecular formula is C16H27N5O. The number of hydrogen-bond acceptors (Lipinski definition) is 6. The van der Waals surface area contributed by atoms with Gasteiger partial charge in [-0.2, -0.15) is 0 Å². The van der Waals surface area contributed by atoms with Crippen LogP contribution in [0.25, 0.3) is 0 Å². The maximum absolute atomic E-state index is 9.63. The number of nitrogens with zero attached hydrogens (tertiary/aromatic N) is 4. The van der Waals surface area contributed by atoms with Gasteiger partial charge in [0.2, 0.25) is 0 Å². The summed E-state index contributed by atoms with van der Waals surface area (Å²) in [6.45, 7) is 4.80. The molecule has 2 fully saturated rings. The summed E-state index contributed by atoms with van der Waals surface area (Å²) < 4.78 is 0. The first-order valence-corrected chi connectivity index (χ1v) is 8.44. The molecule has 2 saturated heterocycles. The minimum atomic E-state index is -0.0849. The molecule has 0 saturated carbocycles. The molecule has 122 valence electrons. The van der Waals surface area contributed by atoms with Crippen LogP contribution in [0.1, 0.15) is 31.4 Å². The SMILES string of the molecule is NCCc1cc(N2CCC(N3CCC(O)CC3)CC2)ncn1. The van der Waals surface area contributed by atoms with Crippen LogP contribution in [0.5, 0.6) is 0 Å². The van der Waals surface area contributed by atoms with E-state index in [9.17, 15) is 5.11 Å². The maximum Gasteiger partial charge on any atom is 0.132 e. The maximum atomic E-state index is 9.63. The van der Waals surface area contributed by atoms with E-state index in [0.29, 0.717) is 12.6 Å². The molecule has 2 aliphatic rings. The van der Waals surface area contributed by atoms with Crippen molar-refractivity contribution < 1.29 is 5.11 Å². The Morgan fingerprint density at radius 2 is 1.82 bits per heavy atom. The van der Waals surface area contributed by atoms with E-state index in [2.05, 4.69) is 25.8 Å². The van der Waals surface area contributed by atoms with E-state index >= 15 is 0 Å². The van der Waals surface area contributed by atoms with Crippen LogP contribution in [0.2, 0.25) is 0 Å². The van der Waals surface area contributed by atoms with Crippen LogP contribution in [-0.4, -0.2) is 64.8 Å². The molecule has 0 aromatic carbocycles. The number of hydrogen-bond donors (Lipinski definition) is 2. The molecule has 1 aromatic rings. The number of aliphatic hydroxyl groups is 1. The summed E-state index contributed by atoms with van der Waals surface area (Å²) in [5.74, 6) is 1.03. The van der Waals surface area contributed by atoms with Gasteiger partial charge in [-0.3, -0.25) is 0 Å². The van der Waals surface area contributed by atoms with Gasteiger partial charge in [-0.25, -0.2) is 9.97 Å². The molecule has 0 bridgehead atoms. The number of piperidine rings is 2. The predicted octanol–water partition coefficient (Wildman–Crippen LogP) is 0.403. The van der Waals surface area contributed by atoms with Crippen LogP contribution in [0.4, 0.5) is 5.82 Å². The summed E-state index contributed by atoms with van der Waals surface area (Å²) in [7, 11) is 0. The smallest absolute Gasteiger partial charge is 0.132 e. The summed E-state index contributed by atoms with van der Waals surface area (Å²) in [6.07, 6.45) is 6.57. The average molecular weight is 305 g/mol. The number of aliphatic hydroxyl groups excluding tert-OH is 1. The van der Waals surface area contributed by atoms with Gasteiger partial charge >= 0.3 is 0 Å². The molecule has 1 aromatic heterocycles. The second-order valence-corrected chi connectivity index (χ2v) is 6.39. The van der Waals surface area contributed by atoms with Crippen molar-refractivity contribution in [1.29, 1.82) is 0 Å². The Morgan fingerprint density at radius 1 is 1.09 bits per heavy atom. The molecule has 3 N–H and O–H groups in total. The van der Waals surface area contributed by atoms with E-state index in [4.69, 9.17) is 5.73 Å². The largest absolute Gasteiger partial charge is 0.393 e. The molecule has 6 heteroatoms. The van der Waals surface area contributed by atoms with Gasteiger partial charge in [-0.1, -0.05) is 0 Å². The van der Waals surface area contributed by atoms with Gasteiger partial charge in [0.05, 0.1) is 6.10 Å². The molecule has 0 aliphatic carbocycles. The van der Waals surface area contributed by atoms with Gasteiger partial charge in [0, 0.05) is 50.4 Å². The van der Waals surface area contributed by atoms with Gasteiger partial charge in [-0.05, 0) is 32.2 Å². The zero-order chi connectivity index (χ0) is 15.4. The summed E-state index contributed by atoms with van der Waals surface area (Å²) >= 11 is 0. The topological polar surface area (TPSA) is 78.5 Å². The van der Waals surface area contributed by atoms with Crippen LogP contribution < -0.4 is 10.6 Å². The summed E-state index contributed by atoms with van der Waals surface area (Å²) in [5.41, 5.74) is 6.63. The second-order valence-electron chi connectivity index (χ2n) is 6.39. The van der Waals surface area contributed by atoms with Crippen molar-refractivity contribution in [2.24, 2.45) is 5.73 Å². The highest BCUT2D eigenvalue weighted by Gasteiger charge is 2.28. The first-order valence-electron chi connectivity index (χ1n) is 8.44. The van der Waals surface area contributed by atoms with Crippen molar-refractivity contribution in [3.63, 3.8) is 0 Å². The summed E-state index contributed by atoms with van der Waals surface area (Å²) in [4.78, 5) is 13.6. The van der Waals surface area contributed by atoms with Crippen molar-refractivity contribution in [3.8, 4) is 0 Å². The van der Waals surface area contributed by atoms with Crippen LogP contribution in [0.3, 0.4) is 0 Å². The highest BCUT2D eigenvalue weighted by atomic mass is 16.3. The standard InChI is InChI=1S/C16H27N5O/c17-6-1-13-11-16(19-12-18-13)21-7-2-14(3-8-21)20-9-4-15(22)5-10-20/h11-12,14-15,22H,1-10,17H2. The lowest BCUT2D eigenvalue weighted by Gasteiger charge is -2.41. The Balaban J connectivity index is 1.54. The molecule has 0 amide bonds. The molecule has 0 radical (unpaired) electrons. The Bertz CT molecular complexity index is 467. The summed E-state index contributed by atoms with van der Waals surface area (Å²) in [5, 5.41) is 9.63. The number of likely N-dealkylation sites (tertiary alicyclic amines) is 1. The molecule has 22 heavy (non-hydrogen) atoms. The number of rotatable bonds is 4. The molecule has 3 heterocycles. The fraction of sp³-hybridized carbons (Fsp3) is 0.750. The lowest BCUT2D eigenvalue weighted by Crippen LogP contribution is -2.48. The molecule has 6 nitrogen and oxygen atoms in total. The zero-order valence-corrected chi connectivity index (χ0v) is 13.2. The Labute approximate surface area is 132 Å². The van der Waals surface area contributed by atoms with Crippen LogP contribution in [-0.2, 0) is 6.42 Å². The minimum absolute atomic E-state index is 0.0849. The Morgan fingerprint density at radius 3 is 2.50 bits per heavy atom.